The lowest BCUT2D eigenvalue weighted by atomic mass is 10.0. The van der Waals surface area contributed by atoms with Crippen LogP contribution in [-0.4, -0.2) is 39.7 Å². The molecule has 0 spiro atoms. The van der Waals surface area contributed by atoms with Crippen molar-refractivity contribution in [3.8, 4) is 5.88 Å². The number of anilines is 1. The SMILES string of the molecule is COc1nc(C2=CCN(c3ncn(Cc4ccc(C(F)(F)F)s4)c(=O)n3)CC2)ccc1C(C)C. The summed E-state index contributed by atoms with van der Waals surface area (Å²) in [6.07, 6.45) is -0.349. The van der Waals surface area contributed by atoms with Crippen molar-refractivity contribution >= 4 is 22.9 Å². The summed E-state index contributed by atoms with van der Waals surface area (Å²) in [6, 6.07) is 6.40. The molecule has 7 nitrogen and oxygen atoms in total. The first-order chi connectivity index (χ1) is 16.2. The summed E-state index contributed by atoms with van der Waals surface area (Å²) in [7, 11) is 1.61. The summed E-state index contributed by atoms with van der Waals surface area (Å²) in [5.74, 6) is 1.22. The molecule has 0 saturated carbocycles. The van der Waals surface area contributed by atoms with E-state index in [9.17, 15) is 18.0 Å². The number of pyridine rings is 1. The number of halogens is 3. The first-order valence-corrected chi connectivity index (χ1v) is 11.6. The van der Waals surface area contributed by atoms with Gasteiger partial charge in [-0.15, -0.1) is 11.3 Å². The van der Waals surface area contributed by atoms with Crippen molar-refractivity contribution in [1.29, 1.82) is 0 Å². The predicted octanol–water partition coefficient (Wildman–Crippen LogP) is 4.59. The molecule has 0 unspecified atom stereocenters. The Balaban J connectivity index is 1.46. The minimum absolute atomic E-state index is 0.0101. The monoisotopic (exact) mass is 491 g/mol. The van der Waals surface area contributed by atoms with Gasteiger partial charge in [0.2, 0.25) is 11.8 Å². The Hall–Kier alpha value is -3.21. The fraction of sp³-hybridized carbons (Fsp3) is 0.391. The third-order valence-electron chi connectivity index (χ3n) is 5.55. The van der Waals surface area contributed by atoms with Crippen molar-refractivity contribution < 1.29 is 17.9 Å². The standard InChI is InChI=1S/C23H24F3N5O2S/c1-14(2)17-5-6-18(28-20(17)33-3)15-8-10-30(11-9-15)21-27-13-31(22(32)29-21)12-16-4-7-19(34-16)23(24,25)26/h4-8,13-14H,9-12H2,1-3H3. The minimum Gasteiger partial charge on any atom is -0.481 e. The number of hydrogen-bond donors (Lipinski definition) is 0. The minimum atomic E-state index is -4.40. The van der Waals surface area contributed by atoms with Crippen molar-refractivity contribution in [3.63, 3.8) is 0 Å². The molecule has 0 fully saturated rings. The van der Waals surface area contributed by atoms with Crippen LogP contribution in [0.25, 0.3) is 5.57 Å². The van der Waals surface area contributed by atoms with E-state index in [0.717, 1.165) is 22.9 Å². The molecular formula is C23H24F3N5O2S. The smallest absolute Gasteiger partial charge is 0.425 e. The third-order valence-corrected chi connectivity index (χ3v) is 6.66. The Labute approximate surface area is 198 Å². The highest BCUT2D eigenvalue weighted by Gasteiger charge is 2.32. The molecule has 4 heterocycles. The van der Waals surface area contributed by atoms with Gasteiger partial charge in [-0.1, -0.05) is 26.0 Å². The van der Waals surface area contributed by atoms with Gasteiger partial charge in [-0.2, -0.15) is 18.2 Å². The lowest BCUT2D eigenvalue weighted by Crippen LogP contribution is -2.34. The van der Waals surface area contributed by atoms with Crippen LogP contribution in [-0.2, 0) is 12.7 Å². The van der Waals surface area contributed by atoms with Crippen molar-refractivity contribution in [2.45, 2.75) is 38.9 Å². The predicted molar refractivity (Wildman–Crippen MR) is 124 cm³/mol. The topological polar surface area (TPSA) is 73.1 Å². The number of nitrogens with zero attached hydrogens (tertiary/aromatic N) is 5. The van der Waals surface area contributed by atoms with Gasteiger partial charge in [-0.3, -0.25) is 4.57 Å². The fourth-order valence-electron chi connectivity index (χ4n) is 3.71. The number of hydrogen-bond acceptors (Lipinski definition) is 7. The molecule has 0 amide bonds. The van der Waals surface area contributed by atoms with E-state index in [1.165, 1.54) is 17.0 Å². The molecule has 11 heteroatoms. The van der Waals surface area contributed by atoms with E-state index in [4.69, 9.17) is 4.74 Å². The largest absolute Gasteiger partial charge is 0.481 e. The summed E-state index contributed by atoms with van der Waals surface area (Å²) in [4.78, 5) is 27.0. The highest BCUT2D eigenvalue weighted by atomic mass is 32.1. The summed E-state index contributed by atoms with van der Waals surface area (Å²) in [6.45, 7) is 5.28. The average Bonchev–Trinajstić information content (AvgIpc) is 3.29. The van der Waals surface area contributed by atoms with E-state index in [1.54, 1.807) is 7.11 Å². The molecule has 4 rings (SSSR count). The average molecular weight is 492 g/mol. The summed E-state index contributed by atoms with van der Waals surface area (Å²) in [5.41, 5.74) is 2.43. The van der Waals surface area contributed by atoms with Crippen molar-refractivity contribution in [2.24, 2.45) is 0 Å². The molecule has 0 atom stereocenters. The van der Waals surface area contributed by atoms with Crippen LogP contribution in [0.15, 0.2) is 41.5 Å². The van der Waals surface area contributed by atoms with Gasteiger partial charge in [0.1, 0.15) is 11.2 Å². The van der Waals surface area contributed by atoms with E-state index in [1.807, 2.05) is 23.1 Å². The third kappa shape index (κ3) is 5.14. The zero-order valence-electron chi connectivity index (χ0n) is 19.0. The van der Waals surface area contributed by atoms with Crippen LogP contribution in [0.4, 0.5) is 19.1 Å². The Morgan fingerprint density at radius 3 is 2.56 bits per heavy atom. The normalized spacial score (nSPS) is 14.4. The number of aromatic nitrogens is 4. The van der Waals surface area contributed by atoms with Gasteiger partial charge in [-0.05, 0) is 36.1 Å². The van der Waals surface area contributed by atoms with Crippen LogP contribution in [0.2, 0.25) is 0 Å². The molecule has 1 aliphatic heterocycles. The van der Waals surface area contributed by atoms with Crippen LogP contribution < -0.4 is 15.3 Å². The highest BCUT2D eigenvalue weighted by Crippen LogP contribution is 2.34. The van der Waals surface area contributed by atoms with E-state index in [0.29, 0.717) is 53.5 Å². The van der Waals surface area contributed by atoms with Crippen molar-refractivity contribution in [2.75, 3.05) is 25.1 Å². The summed E-state index contributed by atoms with van der Waals surface area (Å²) in [5, 5.41) is 0. The highest BCUT2D eigenvalue weighted by molar-refractivity contribution is 7.12. The van der Waals surface area contributed by atoms with Gasteiger partial charge >= 0.3 is 11.9 Å². The quantitative estimate of drug-likeness (QED) is 0.502. The first-order valence-electron chi connectivity index (χ1n) is 10.7. The van der Waals surface area contributed by atoms with Crippen molar-refractivity contribution in [1.82, 2.24) is 19.5 Å². The molecule has 3 aromatic heterocycles. The number of ether oxygens (including phenoxy) is 1. The molecule has 0 radical (unpaired) electrons. The van der Waals surface area contributed by atoms with Gasteiger partial charge in [0.25, 0.3) is 0 Å². The van der Waals surface area contributed by atoms with E-state index < -0.39 is 16.7 Å². The van der Waals surface area contributed by atoms with Crippen LogP contribution in [0, 0.1) is 0 Å². The molecule has 0 aliphatic carbocycles. The van der Waals surface area contributed by atoms with Crippen LogP contribution >= 0.6 is 11.3 Å². The zero-order chi connectivity index (χ0) is 24.5. The molecule has 180 valence electrons. The fourth-order valence-corrected chi connectivity index (χ4v) is 4.58. The number of thiophene rings is 1. The maximum Gasteiger partial charge on any atom is 0.425 e. The second kappa shape index (κ2) is 9.57. The van der Waals surface area contributed by atoms with Crippen LogP contribution in [0.3, 0.4) is 0 Å². The Bertz CT molecular complexity index is 1270. The molecule has 0 N–H and O–H groups in total. The Morgan fingerprint density at radius 1 is 1.18 bits per heavy atom. The zero-order valence-corrected chi connectivity index (χ0v) is 19.8. The number of rotatable bonds is 6. The summed E-state index contributed by atoms with van der Waals surface area (Å²) >= 11 is 0.605. The number of alkyl halides is 3. The molecule has 0 bridgehead atoms. The number of methoxy groups -OCH3 is 1. The molecule has 0 aromatic carbocycles. The second-order valence-electron chi connectivity index (χ2n) is 8.21. The molecule has 1 aliphatic rings. The van der Waals surface area contributed by atoms with Gasteiger partial charge in [0.15, 0.2) is 0 Å². The lowest BCUT2D eigenvalue weighted by molar-refractivity contribution is -0.134. The van der Waals surface area contributed by atoms with Gasteiger partial charge in [-0.25, -0.2) is 14.8 Å². The van der Waals surface area contributed by atoms with Crippen molar-refractivity contribution in [3.05, 3.63) is 68.2 Å². The van der Waals surface area contributed by atoms with Crippen LogP contribution in [0.5, 0.6) is 5.88 Å². The lowest BCUT2D eigenvalue weighted by Gasteiger charge is -2.26. The molecular weight excluding hydrogens is 467 g/mol. The van der Waals surface area contributed by atoms with E-state index >= 15 is 0 Å². The van der Waals surface area contributed by atoms with Gasteiger partial charge < -0.3 is 9.64 Å². The summed E-state index contributed by atoms with van der Waals surface area (Å²) < 4.78 is 45.0. The first kappa shape index (κ1) is 23.9. The van der Waals surface area contributed by atoms with Crippen LogP contribution in [0.1, 0.15) is 47.2 Å². The van der Waals surface area contributed by atoms with Gasteiger partial charge in [0, 0.05) is 23.5 Å². The Morgan fingerprint density at radius 2 is 1.97 bits per heavy atom. The second-order valence-corrected chi connectivity index (χ2v) is 9.37. The van der Waals surface area contributed by atoms with Gasteiger partial charge in [0.05, 0.1) is 19.3 Å². The maximum atomic E-state index is 12.8. The molecule has 0 saturated heterocycles. The molecule has 34 heavy (non-hydrogen) atoms. The van der Waals surface area contributed by atoms with E-state index in [-0.39, 0.29) is 6.54 Å². The maximum absolute atomic E-state index is 12.8. The molecule has 3 aromatic rings. The van der Waals surface area contributed by atoms with E-state index in [2.05, 4.69) is 28.8 Å². The Kier molecular flexibility index (Phi) is 6.74.